The van der Waals surface area contributed by atoms with Gasteiger partial charge in [-0.15, -0.1) is 13.2 Å². The molecule has 1 heterocycles. The molecule has 1 saturated heterocycles. The van der Waals surface area contributed by atoms with Gasteiger partial charge in [0.1, 0.15) is 5.75 Å². The van der Waals surface area contributed by atoms with Crippen LogP contribution < -0.4 is 15.4 Å². The number of benzene rings is 1. The predicted octanol–water partition coefficient (Wildman–Crippen LogP) is 1.89. The lowest BCUT2D eigenvalue weighted by Gasteiger charge is -2.13. The van der Waals surface area contributed by atoms with Gasteiger partial charge in [0, 0.05) is 11.7 Å². The first-order valence-electron chi connectivity index (χ1n) is 6.27. The number of carbonyl (C=O) groups excluding carboxylic acids is 1. The number of halogens is 3. The Labute approximate surface area is 124 Å². The molecule has 0 bridgehead atoms. The number of nitrogens with one attached hydrogen (secondary N) is 2. The summed E-state index contributed by atoms with van der Waals surface area (Å²) in [7, 11) is -3.10. The Hall–Kier alpha value is -1.97. The lowest BCUT2D eigenvalue weighted by atomic mass is 10.3. The number of hydrogen-bond donors (Lipinski definition) is 2. The van der Waals surface area contributed by atoms with Gasteiger partial charge in [0.05, 0.1) is 11.5 Å². The van der Waals surface area contributed by atoms with E-state index >= 15 is 0 Å². The molecule has 1 aromatic carbocycles. The molecule has 2 rings (SSSR count). The smallest absolute Gasteiger partial charge is 0.406 e. The number of carbonyl (C=O) groups is 1. The van der Waals surface area contributed by atoms with Crippen LogP contribution in [0.5, 0.6) is 5.75 Å². The number of rotatable bonds is 3. The van der Waals surface area contributed by atoms with Gasteiger partial charge in [-0.05, 0) is 30.7 Å². The summed E-state index contributed by atoms with van der Waals surface area (Å²) in [5.41, 5.74) is 0.257. The molecular weight excluding hydrogens is 325 g/mol. The van der Waals surface area contributed by atoms with Gasteiger partial charge in [0.2, 0.25) is 0 Å². The Kier molecular flexibility index (Phi) is 4.50. The summed E-state index contributed by atoms with van der Waals surface area (Å²) >= 11 is 0. The minimum atomic E-state index is -4.78. The molecule has 0 spiro atoms. The Morgan fingerprint density at radius 3 is 2.36 bits per heavy atom. The zero-order valence-electron chi connectivity index (χ0n) is 11.2. The predicted molar refractivity (Wildman–Crippen MR) is 72.3 cm³/mol. The highest BCUT2D eigenvalue weighted by atomic mass is 32.2. The number of sulfone groups is 1. The van der Waals surface area contributed by atoms with Gasteiger partial charge in [-0.1, -0.05) is 0 Å². The Balaban J connectivity index is 1.87. The lowest BCUT2D eigenvalue weighted by molar-refractivity contribution is -0.274. The Morgan fingerprint density at radius 1 is 1.23 bits per heavy atom. The Morgan fingerprint density at radius 2 is 1.86 bits per heavy atom. The average Bonchev–Trinajstić information content (AvgIpc) is 2.69. The normalized spacial score (nSPS) is 20.4. The second-order valence-electron chi connectivity index (χ2n) is 4.77. The molecule has 1 unspecified atom stereocenters. The van der Waals surface area contributed by atoms with Crippen molar-refractivity contribution in [3.05, 3.63) is 24.3 Å². The molecule has 1 aromatic rings. The first-order chi connectivity index (χ1) is 10.1. The van der Waals surface area contributed by atoms with Crippen LogP contribution in [-0.2, 0) is 9.84 Å². The highest BCUT2D eigenvalue weighted by Crippen LogP contribution is 2.23. The molecule has 0 aromatic heterocycles. The van der Waals surface area contributed by atoms with Gasteiger partial charge in [-0.2, -0.15) is 0 Å². The largest absolute Gasteiger partial charge is 0.573 e. The molecule has 2 amide bonds. The summed E-state index contributed by atoms with van der Waals surface area (Å²) < 4.78 is 62.2. The quantitative estimate of drug-likeness (QED) is 0.881. The van der Waals surface area contributed by atoms with E-state index in [1.165, 1.54) is 12.1 Å². The summed E-state index contributed by atoms with van der Waals surface area (Å²) in [6, 6.07) is 3.52. The van der Waals surface area contributed by atoms with E-state index in [0.29, 0.717) is 6.42 Å². The zero-order valence-corrected chi connectivity index (χ0v) is 12.0. The van der Waals surface area contributed by atoms with Crippen molar-refractivity contribution in [2.75, 3.05) is 16.8 Å². The van der Waals surface area contributed by atoms with Crippen molar-refractivity contribution in [1.29, 1.82) is 0 Å². The number of alkyl halides is 3. The highest BCUT2D eigenvalue weighted by Gasteiger charge is 2.31. The highest BCUT2D eigenvalue weighted by molar-refractivity contribution is 7.91. The van der Waals surface area contributed by atoms with Crippen LogP contribution in [0.1, 0.15) is 6.42 Å². The monoisotopic (exact) mass is 338 g/mol. The van der Waals surface area contributed by atoms with Crippen molar-refractivity contribution in [3.63, 3.8) is 0 Å². The fourth-order valence-electron chi connectivity index (χ4n) is 2.00. The van der Waals surface area contributed by atoms with E-state index in [1.54, 1.807) is 0 Å². The molecule has 10 heteroatoms. The molecule has 0 saturated carbocycles. The van der Waals surface area contributed by atoms with E-state index in [4.69, 9.17) is 0 Å². The summed E-state index contributed by atoms with van der Waals surface area (Å²) in [6.45, 7) is 0. The summed E-state index contributed by atoms with van der Waals surface area (Å²) in [6.07, 6.45) is -4.44. The topological polar surface area (TPSA) is 84.5 Å². The fourth-order valence-corrected chi connectivity index (χ4v) is 3.67. The molecule has 1 aliphatic heterocycles. The number of anilines is 1. The lowest BCUT2D eigenvalue weighted by Crippen LogP contribution is -2.38. The maximum atomic E-state index is 12.0. The second-order valence-corrected chi connectivity index (χ2v) is 7.00. The first kappa shape index (κ1) is 16.4. The third kappa shape index (κ3) is 5.10. The third-order valence-corrected chi connectivity index (χ3v) is 4.68. The standard InChI is InChI=1S/C12H13F3N2O4S/c13-12(14,15)21-10-3-1-8(2-4-10)16-11(18)17-9-5-6-22(19,20)7-9/h1-4,9H,5-7H2,(H2,16,17,18). The average molecular weight is 338 g/mol. The van der Waals surface area contributed by atoms with Crippen molar-refractivity contribution in [1.82, 2.24) is 5.32 Å². The minimum Gasteiger partial charge on any atom is -0.406 e. The number of hydrogen-bond acceptors (Lipinski definition) is 4. The van der Waals surface area contributed by atoms with Crippen LogP contribution in [0.15, 0.2) is 24.3 Å². The van der Waals surface area contributed by atoms with Gasteiger partial charge < -0.3 is 15.4 Å². The Bertz CT molecular complexity index is 643. The number of urea groups is 1. The van der Waals surface area contributed by atoms with Crippen LogP contribution in [0.3, 0.4) is 0 Å². The van der Waals surface area contributed by atoms with Crippen LogP contribution in [-0.4, -0.2) is 38.4 Å². The van der Waals surface area contributed by atoms with Crippen LogP contribution in [0, 0.1) is 0 Å². The van der Waals surface area contributed by atoms with E-state index in [0.717, 1.165) is 12.1 Å². The summed E-state index contributed by atoms with van der Waals surface area (Å²) in [5, 5.41) is 4.90. The maximum Gasteiger partial charge on any atom is 0.573 e. The van der Waals surface area contributed by atoms with E-state index in [9.17, 15) is 26.4 Å². The van der Waals surface area contributed by atoms with Gasteiger partial charge in [0.15, 0.2) is 9.84 Å². The molecule has 2 N–H and O–H groups in total. The van der Waals surface area contributed by atoms with Crippen molar-refractivity contribution in [2.24, 2.45) is 0 Å². The first-order valence-corrected chi connectivity index (χ1v) is 8.09. The third-order valence-electron chi connectivity index (χ3n) is 2.91. The van der Waals surface area contributed by atoms with E-state index in [-0.39, 0.29) is 17.2 Å². The SMILES string of the molecule is O=C(Nc1ccc(OC(F)(F)F)cc1)NC1CCS(=O)(=O)C1. The molecule has 0 aliphatic carbocycles. The molecule has 122 valence electrons. The molecular formula is C12H13F3N2O4S. The van der Waals surface area contributed by atoms with Gasteiger partial charge in [0.25, 0.3) is 0 Å². The van der Waals surface area contributed by atoms with Gasteiger partial charge in [-0.25, -0.2) is 13.2 Å². The van der Waals surface area contributed by atoms with Crippen LogP contribution in [0.2, 0.25) is 0 Å². The molecule has 1 atom stereocenters. The van der Waals surface area contributed by atoms with E-state index < -0.39 is 34.0 Å². The molecule has 1 aliphatic rings. The van der Waals surface area contributed by atoms with Crippen LogP contribution in [0.25, 0.3) is 0 Å². The molecule has 6 nitrogen and oxygen atoms in total. The van der Waals surface area contributed by atoms with Crippen molar-refractivity contribution < 1.29 is 31.1 Å². The van der Waals surface area contributed by atoms with Gasteiger partial charge >= 0.3 is 12.4 Å². The molecule has 1 fully saturated rings. The minimum absolute atomic E-state index is 0.0292. The zero-order chi connectivity index (χ0) is 16.4. The van der Waals surface area contributed by atoms with E-state index in [1.807, 2.05) is 0 Å². The molecule has 0 radical (unpaired) electrons. The maximum absolute atomic E-state index is 12.0. The van der Waals surface area contributed by atoms with Gasteiger partial charge in [-0.3, -0.25) is 0 Å². The summed E-state index contributed by atoms with van der Waals surface area (Å²) in [4.78, 5) is 11.7. The van der Waals surface area contributed by atoms with Crippen molar-refractivity contribution in [3.8, 4) is 5.75 Å². The van der Waals surface area contributed by atoms with Crippen LogP contribution in [0.4, 0.5) is 23.7 Å². The number of amides is 2. The second kappa shape index (κ2) is 6.03. The molecule has 22 heavy (non-hydrogen) atoms. The van der Waals surface area contributed by atoms with Crippen molar-refractivity contribution >= 4 is 21.6 Å². The van der Waals surface area contributed by atoms with Crippen molar-refractivity contribution in [2.45, 2.75) is 18.8 Å². The summed E-state index contributed by atoms with van der Waals surface area (Å²) in [5.74, 6) is -0.486. The fraction of sp³-hybridized carbons (Fsp3) is 0.417. The van der Waals surface area contributed by atoms with Crippen LogP contribution >= 0.6 is 0 Å². The van der Waals surface area contributed by atoms with E-state index in [2.05, 4.69) is 15.4 Å². The number of ether oxygens (including phenoxy) is 1.